The zero-order chi connectivity index (χ0) is 25.6. The van der Waals surface area contributed by atoms with Crippen molar-refractivity contribution in [2.75, 3.05) is 6.54 Å². The van der Waals surface area contributed by atoms with Crippen LogP contribution < -0.4 is 21.8 Å². The van der Waals surface area contributed by atoms with E-state index in [9.17, 15) is 18.3 Å². The molecule has 3 rings (SSSR count). The third-order valence-electron chi connectivity index (χ3n) is 4.80. The van der Waals surface area contributed by atoms with E-state index in [4.69, 9.17) is 22.7 Å². The lowest BCUT2D eigenvalue weighted by atomic mass is 10.0. The molecule has 1 aromatic carbocycles. The van der Waals surface area contributed by atoms with Crippen molar-refractivity contribution in [3.05, 3.63) is 77.2 Å². The van der Waals surface area contributed by atoms with Crippen LogP contribution in [0.3, 0.4) is 0 Å². The summed E-state index contributed by atoms with van der Waals surface area (Å²) in [4.78, 5) is 17.1. The molecule has 35 heavy (non-hydrogen) atoms. The number of hydroxylamine groups is 1. The number of phenols is 1. The fraction of sp³-hybridized carbons (Fsp3) is 0.143. The second kappa shape index (κ2) is 11.6. The summed E-state index contributed by atoms with van der Waals surface area (Å²) in [5, 5.41) is 19.8. The smallest absolute Gasteiger partial charge is 0.267 e. The lowest BCUT2D eigenvalue weighted by Crippen LogP contribution is -2.55. The number of carbonyl (C=O) groups excluding carboxylic acids is 1. The molecule has 2 aromatic heterocycles. The Labute approximate surface area is 210 Å². The average molecular weight is 540 g/mol. The number of aromatic hydroxyl groups is 1. The van der Waals surface area contributed by atoms with Crippen LogP contribution in [0, 0.1) is 0 Å². The number of quaternary nitrogens is 1. The van der Waals surface area contributed by atoms with Gasteiger partial charge in [-0.25, -0.2) is 24.5 Å². The van der Waals surface area contributed by atoms with Gasteiger partial charge in [0.25, 0.3) is 15.9 Å². The summed E-state index contributed by atoms with van der Waals surface area (Å²) < 4.78 is 28.0. The highest BCUT2D eigenvalue weighted by molar-refractivity contribution is 7.91. The van der Waals surface area contributed by atoms with Gasteiger partial charge in [0.05, 0.1) is 28.3 Å². The highest BCUT2D eigenvalue weighted by Crippen LogP contribution is 2.29. The molecule has 0 saturated heterocycles. The Balaban J connectivity index is 1.68. The maximum absolute atomic E-state index is 12.7. The quantitative estimate of drug-likeness (QED) is 0.124. The van der Waals surface area contributed by atoms with Crippen molar-refractivity contribution >= 4 is 38.9 Å². The molecule has 0 fully saturated rings. The second-order valence-corrected chi connectivity index (χ2v) is 10.9. The standard InChI is InChI=1S/C21H23ClN6O5S2/c22-15-9-13(4-5-18(15)29)10-17(21(30)27-31)28(24)12-14(23)11-26-35(32,33)20-7-6-19(34-20)16-3-1-2-8-25-16/h1-9,12,17,26,29,31H,10-11,23-24H2,(H,27,30)/p+1/b14-12-/t17-/m0/s1. The summed E-state index contributed by atoms with van der Waals surface area (Å²) in [7, 11) is -3.83. The molecule has 11 nitrogen and oxygen atoms in total. The lowest BCUT2D eigenvalue weighted by Gasteiger charge is -2.24. The fourth-order valence-electron chi connectivity index (χ4n) is 3.02. The first-order chi connectivity index (χ1) is 16.6. The number of sulfonamides is 1. The average Bonchev–Trinajstić information content (AvgIpc) is 3.35. The molecule has 9 N–H and O–H groups in total. The number of pyridine rings is 1. The number of hydrazine groups is 1. The van der Waals surface area contributed by atoms with E-state index in [1.807, 2.05) is 6.07 Å². The van der Waals surface area contributed by atoms with Crippen molar-refractivity contribution in [1.82, 2.24) is 20.2 Å². The number of hydrogen-bond acceptors (Lipinski definition) is 9. The minimum atomic E-state index is -3.83. The normalized spacial score (nSPS) is 12.9. The molecular weight excluding hydrogens is 516 g/mol. The van der Waals surface area contributed by atoms with Crippen molar-refractivity contribution in [2.24, 2.45) is 5.84 Å². The van der Waals surface area contributed by atoms with Crippen molar-refractivity contribution in [3.63, 3.8) is 0 Å². The van der Waals surface area contributed by atoms with Gasteiger partial charge < -0.3 is 10.8 Å². The van der Waals surface area contributed by atoms with Crippen LogP contribution >= 0.6 is 22.9 Å². The van der Waals surface area contributed by atoms with Gasteiger partial charge in [-0.3, -0.25) is 20.0 Å². The van der Waals surface area contributed by atoms with E-state index in [0.29, 0.717) is 16.1 Å². The number of phenolic OH excluding ortho intramolecular Hbond substituents is 1. The molecule has 0 radical (unpaired) electrons. The van der Waals surface area contributed by atoms with Crippen molar-refractivity contribution in [1.29, 1.82) is 0 Å². The van der Waals surface area contributed by atoms with E-state index in [1.165, 1.54) is 24.4 Å². The maximum Gasteiger partial charge on any atom is 0.267 e. The predicted molar refractivity (Wildman–Crippen MR) is 130 cm³/mol. The Bertz CT molecular complexity index is 1320. The fourth-order valence-corrected chi connectivity index (χ4v) is 5.59. The van der Waals surface area contributed by atoms with Gasteiger partial charge in [-0.2, -0.15) is 0 Å². The van der Waals surface area contributed by atoms with Gasteiger partial charge >= 0.3 is 0 Å². The Morgan fingerprint density at radius 3 is 2.71 bits per heavy atom. The Morgan fingerprint density at radius 1 is 1.29 bits per heavy atom. The molecule has 0 bridgehead atoms. The van der Waals surface area contributed by atoms with Crippen LogP contribution in [0.1, 0.15) is 5.56 Å². The van der Waals surface area contributed by atoms with Gasteiger partial charge in [0, 0.05) is 12.6 Å². The van der Waals surface area contributed by atoms with Gasteiger partial charge in [0.2, 0.25) is 0 Å². The van der Waals surface area contributed by atoms with Crippen LogP contribution in [0.4, 0.5) is 0 Å². The molecule has 0 spiro atoms. The molecule has 1 amide bonds. The number of nitrogens with one attached hydrogen (secondary N) is 2. The van der Waals surface area contributed by atoms with E-state index in [-0.39, 0.29) is 33.6 Å². The molecule has 0 aliphatic carbocycles. The molecule has 1 atom stereocenters. The highest BCUT2D eigenvalue weighted by Gasteiger charge is 2.24. The van der Waals surface area contributed by atoms with Gasteiger partial charge in [-0.1, -0.05) is 23.7 Å². The third kappa shape index (κ3) is 6.99. The molecule has 0 unspecified atom stereocenters. The molecule has 2 heterocycles. The number of halogens is 1. The number of hydrogen-bond donors (Lipinski definition) is 6. The Hall–Kier alpha value is -3.04. The van der Waals surface area contributed by atoms with Crippen LogP contribution in [-0.4, -0.2) is 47.2 Å². The zero-order valence-corrected chi connectivity index (χ0v) is 20.6. The number of nitrogens with zero attached hydrogens (tertiary/aromatic N) is 2. The van der Waals surface area contributed by atoms with E-state index >= 15 is 0 Å². The molecule has 14 heteroatoms. The molecule has 3 aromatic rings. The predicted octanol–water partition coefficient (Wildman–Crippen LogP) is 0.823. The zero-order valence-electron chi connectivity index (χ0n) is 18.3. The third-order valence-corrected chi connectivity index (χ3v) is 8.10. The second-order valence-electron chi connectivity index (χ2n) is 7.37. The number of amides is 1. The summed E-state index contributed by atoms with van der Waals surface area (Å²) in [5.41, 5.74) is 6.83. The summed E-state index contributed by atoms with van der Waals surface area (Å²) in [6, 6.07) is 11.8. The summed E-state index contributed by atoms with van der Waals surface area (Å²) in [6.45, 7) is -0.175. The van der Waals surface area contributed by atoms with Crippen molar-refractivity contribution < 1.29 is 29.3 Å². The first kappa shape index (κ1) is 26.6. The van der Waals surface area contributed by atoms with E-state index < -0.39 is 22.0 Å². The molecule has 0 saturated carbocycles. The summed E-state index contributed by atoms with van der Waals surface area (Å²) >= 11 is 6.99. The van der Waals surface area contributed by atoms with Gasteiger partial charge in [-0.05, 0) is 42.0 Å². The number of aromatic nitrogens is 1. The number of rotatable bonds is 10. The van der Waals surface area contributed by atoms with Gasteiger partial charge in [0.1, 0.15) is 21.7 Å². The SMILES string of the molecule is NN(/C=C(\[NH3+])CNS(=O)(=O)c1ccc(-c2ccccn2)s1)[C@@H](Cc1ccc(O)c(Cl)c1)C(=O)NO. The number of benzene rings is 1. The topological polar surface area (TPSA) is 186 Å². The monoisotopic (exact) mass is 539 g/mol. The molecule has 0 aliphatic rings. The number of nitrogens with two attached hydrogens (primary N) is 1. The number of carbonyl (C=O) groups is 1. The molecule has 0 aliphatic heterocycles. The van der Waals surface area contributed by atoms with Crippen LogP contribution in [0.15, 0.2) is 70.8 Å². The van der Waals surface area contributed by atoms with E-state index in [1.54, 1.807) is 35.9 Å². The first-order valence-electron chi connectivity index (χ1n) is 10.1. The van der Waals surface area contributed by atoms with Gasteiger partial charge in [-0.15, -0.1) is 11.3 Å². The minimum absolute atomic E-state index is 0.0316. The van der Waals surface area contributed by atoms with Crippen LogP contribution in [0.5, 0.6) is 5.75 Å². The first-order valence-corrected chi connectivity index (χ1v) is 12.8. The van der Waals surface area contributed by atoms with E-state index in [2.05, 4.69) is 15.4 Å². The van der Waals surface area contributed by atoms with E-state index in [0.717, 1.165) is 16.3 Å². The molecular formula is C21H24ClN6O5S2+. The minimum Gasteiger partial charge on any atom is -0.506 e. The van der Waals surface area contributed by atoms with Gasteiger partial charge in [0.15, 0.2) is 0 Å². The number of thiophene rings is 1. The largest absolute Gasteiger partial charge is 0.506 e. The van der Waals surface area contributed by atoms with Crippen LogP contribution in [0.2, 0.25) is 5.02 Å². The van der Waals surface area contributed by atoms with Crippen molar-refractivity contribution in [3.8, 4) is 16.3 Å². The Morgan fingerprint density at radius 2 is 2.06 bits per heavy atom. The maximum atomic E-state index is 12.7. The van der Waals surface area contributed by atoms with Crippen molar-refractivity contribution in [2.45, 2.75) is 16.7 Å². The highest BCUT2D eigenvalue weighted by atomic mass is 35.5. The molecule has 186 valence electrons. The van der Waals surface area contributed by atoms with Crippen LogP contribution in [0.25, 0.3) is 10.6 Å². The van der Waals surface area contributed by atoms with Crippen LogP contribution in [-0.2, 0) is 21.2 Å². The Kier molecular flexibility index (Phi) is 8.80. The summed E-state index contributed by atoms with van der Waals surface area (Å²) in [6.07, 6.45) is 2.95. The lowest BCUT2D eigenvalue weighted by molar-refractivity contribution is -0.305. The summed E-state index contributed by atoms with van der Waals surface area (Å²) in [5.74, 6) is 5.09.